The molecule has 2 aromatic carbocycles. The van der Waals surface area contributed by atoms with Crippen LogP contribution in [0, 0.1) is 12.8 Å². The molecule has 0 spiro atoms. The Kier molecular flexibility index (Phi) is 4.69. The lowest BCUT2D eigenvalue weighted by Crippen LogP contribution is -2.62. The van der Waals surface area contributed by atoms with E-state index in [1.807, 2.05) is 42.2 Å². The number of nitrogens with one attached hydrogen (secondary N) is 1. The van der Waals surface area contributed by atoms with Gasteiger partial charge in [0.25, 0.3) is 5.91 Å². The summed E-state index contributed by atoms with van der Waals surface area (Å²) in [6.07, 6.45) is 2.24. The maximum absolute atomic E-state index is 13.7. The second-order valence-electron chi connectivity index (χ2n) is 9.09. The van der Waals surface area contributed by atoms with Crippen LogP contribution < -0.4 is 5.32 Å². The molecule has 1 saturated heterocycles. The summed E-state index contributed by atoms with van der Waals surface area (Å²) in [6.45, 7) is 3.05. The van der Waals surface area contributed by atoms with Gasteiger partial charge in [-0.15, -0.1) is 0 Å². The Labute approximate surface area is 196 Å². The number of para-hydroxylation sites is 1. The van der Waals surface area contributed by atoms with Crippen molar-refractivity contribution in [3.8, 4) is 5.69 Å². The first-order valence-electron chi connectivity index (χ1n) is 11.3. The molecule has 0 radical (unpaired) electrons. The van der Waals surface area contributed by atoms with Gasteiger partial charge >= 0.3 is 6.03 Å². The molecule has 1 aliphatic carbocycles. The van der Waals surface area contributed by atoms with Crippen LogP contribution in [0.4, 0.5) is 10.5 Å². The van der Waals surface area contributed by atoms with E-state index in [-0.39, 0.29) is 24.0 Å². The van der Waals surface area contributed by atoms with Crippen molar-refractivity contribution in [2.45, 2.75) is 31.8 Å². The summed E-state index contributed by atoms with van der Waals surface area (Å²) in [5.74, 6) is 0.494. The summed E-state index contributed by atoms with van der Waals surface area (Å²) in [6, 6.07) is 16.8. The molecule has 3 aliphatic rings. The second-order valence-corrected chi connectivity index (χ2v) is 9.52. The number of likely N-dealkylation sites (tertiary alicyclic amines) is 1. The van der Waals surface area contributed by atoms with Gasteiger partial charge in [0.2, 0.25) is 0 Å². The molecular weight excluding hydrogens is 438 g/mol. The van der Waals surface area contributed by atoms with E-state index >= 15 is 0 Å². The van der Waals surface area contributed by atoms with Crippen LogP contribution in [-0.4, -0.2) is 50.6 Å². The lowest BCUT2D eigenvalue weighted by molar-refractivity contribution is 0.0262. The van der Waals surface area contributed by atoms with Crippen molar-refractivity contribution in [3.05, 3.63) is 76.6 Å². The number of hydrogen-bond acceptors (Lipinski definition) is 3. The van der Waals surface area contributed by atoms with Crippen molar-refractivity contribution in [1.82, 2.24) is 19.6 Å². The molecule has 1 unspecified atom stereocenters. The van der Waals surface area contributed by atoms with Crippen molar-refractivity contribution in [2.75, 3.05) is 18.4 Å². The topological polar surface area (TPSA) is 70.5 Å². The monoisotopic (exact) mass is 461 g/mol. The van der Waals surface area contributed by atoms with Gasteiger partial charge in [-0.25, -0.2) is 9.48 Å². The fourth-order valence-electron chi connectivity index (χ4n) is 5.04. The number of aromatic nitrogens is 2. The van der Waals surface area contributed by atoms with Crippen molar-refractivity contribution < 1.29 is 9.59 Å². The van der Waals surface area contributed by atoms with E-state index in [9.17, 15) is 9.59 Å². The Morgan fingerprint density at radius 3 is 2.42 bits per heavy atom. The number of aryl methyl sites for hydroxylation is 1. The number of nitrogens with zero attached hydrogens (tertiary/aromatic N) is 4. The molecule has 0 bridgehead atoms. The third-order valence-corrected chi connectivity index (χ3v) is 7.10. The summed E-state index contributed by atoms with van der Waals surface area (Å²) in [5, 5.41) is 8.26. The minimum atomic E-state index is -0.160. The van der Waals surface area contributed by atoms with Crippen LogP contribution in [0.25, 0.3) is 5.69 Å². The van der Waals surface area contributed by atoms with Crippen LogP contribution in [0.15, 0.2) is 54.6 Å². The van der Waals surface area contributed by atoms with Gasteiger partial charge < -0.3 is 15.1 Å². The molecule has 2 fully saturated rings. The smallest absolute Gasteiger partial charge is 0.321 e. The summed E-state index contributed by atoms with van der Waals surface area (Å²) in [5.41, 5.74) is 4.25. The third-order valence-electron chi connectivity index (χ3n) is 6.85. The SMILES string of the molecule is Cc1nn(-c2ccccc2)c2c1C(C1CC1)N(C1CN(C(=O)Nc3ccc(Cl)cc3)C1)C2=O. The van der Waals surface area contributed by atoms with E-state index in [4.69, 9.17) is 16.7 Å². The van der Waals surface area contributed by atoms with Gasteiger partial charge in [0.05, 0.1) is 23.5 Å². The molecule has 1 atom stereocenters. The molecule has 1 N–H and O–H groups in total. The Morgan fingerprint density at radius 2 is 1.76 bits per heavy atom. The Morgan fingerprint density at radius 1 is 1.06 bits per heavy atom. The Balaban J connectivity index is 1.23. The van der Waals surface area contributed by atoms with E-state index in [1.54, 1.807) is 33.8 Å². The molecule has 3 heterocycles. The molecule has 1 saturated carbocycles. The number of rotatable bonds is 4. The Hall–Kier alpha value is -3.32. The van der Waals surface area contributed by atoms with E-state index in [0.717, 1.165) is 29.8 Å². The molecule has 3 aromatic rings. The summed E-state index contributed by atoms with van der Waals surface area (Å²) in [4.78, 5) is 30.2. The molecule has 7 nitrogen and oxygen atoms in total. The molecule has 168 valence electrons. The quantitative estimate of drug-likeness (QED) is 0.614. The summed E-state index contributed by atoms with van der Waals surface area (Å²) >= 11 is 5.92. The number of carbonyl (C=O) groups is 2. The minimum absolute atomic E-state index is 0.00934. The van der Waals surface area contributed by atoms with Gasteiger partial charge in [-0.3, -0.25) is 4.79 Å². The first kappa shape index (κ1) is 20.3. The van der Waals surface area contributed by atoms with Gasteiger partial charge in [-0.1, -0.05) is 29.8 Å². The summed E-state index contributed by atoms with van der Waals surface area (Å²) in [7, 11) is 0. The lowest BCUT2D eigenvalue weighted by atomic mass is 10.00. The number of benzene rings is 2. The van der Waals surface area contributed by atoms with Crippen LogP contribution in [-0.2, 0) is 0 Å². The number of halogens is 1. The van der Waals surface area contributed by atoms with E-state index in [2.05, 4.69) is 5.32 Å². The number of urea groups is 1. The highest BCUT2D eigenvalue weighted by Gasteiger charge is 2.53. The highest BCUT2D eigenvalue weighted by atomic mass is 35.5. The Bertz CT molecular complexity index is 1230. The van der Waals surface area contributed by atoms with Crippen LogP contribution in [0.1, 0.15) is 40.6 Å². The molecular formula is C25H24ClN5O2. The number of amides is 3. The van der Waals surface area contributed by atoms with Crippen molar-refractivity contribution in [1.29, 1.82) is 0 Å². The van der Waals surface area contributed by atoms with Gasteiger partial charge in [0, 0.05) is 29.4 Å². The fraction of sp³-hybridized carbons (Fsp3) is 0.320. The first-order chi connectivity index (χ1) is 16.0. The first-order valence-corrected chi connectivity index (χ1v) is 11.7. The zero-order valence-corrected chi connectivity index (χ0v) is 19.0. The average molecular weight is 462 g/mol. The van der Waals surface area contributed by atoms with Crippen LogP contribution in [0.3, 0.4) is 0 Å². The fourth-order valence-corrected chi connectivity index (χ4v) is 5.17. The van der Waals surface area contributed by atoms with Crippen LogP contribution in [0.5, 0.6) is 0 Å². The zero-order valence-electron chi connectivity index (χ0n) is 18.2. The van der Waals surface area contributed by atoms with E-state index < -0.39 is 0 Å². The maximum atomic E-state index is 13.7. The van der Waals surface area contributed by atoms with Gasteiger partial charge in [-0.05, 0) is 62.1 Å². The number of carbonyl (C=O) groups excluding carboxylic acids is 2. The molecule has 3 amide bonds. The summed E-state index contributed by atoms with van der Waals surface area (Å²) < 4.78 is 1.80. The highest BCUT2D eigenvalue weighted by Crippen LogP contribution is 2.52. The number of hydrogen-bond donors (Lipinski definition) is 1. The minimum Gasteiger partial charge on any atom is -0.323 e. The molecule has 6 rings (SSSR count). The second kappa shape index (κ2) is 7.63. The number of anilines is 1. The molecule has 33 heavy (non-hydrogen) atoms. The number of fused-ring (bicyclic) bond motifs is 1. The maximum Gasteiger partial charge on any atom is 0.321 e. The largest absolute Gasteiger partial charge is 0.323 e. The average Bonchev–Trinajstić information content (AvgIpc) is 3.50. The van der Waals surface area contributed by atoms with Gasteiger partial charge in [0.15, 0.2) is 0 Å². The van der Waals surface area contributed by atoms with Gasteiger partial charge in [-0.2, -0.15) is 5.10 Å². The van der Waals surface area contributed by atoms with Crippen LogP contribution in [0.2, 0.25) is 5.02 Å². The third kappa shape index (κ3) is 3.38. The van der Waals surface area contributed by atoms with Crippen molar-refractivity contribution in [2.24, 2.45) is 5.92 Å². The molecule has 2 aliphatic heterocycles. The van der Waals surface area contributed by atoms with Crippen molar-refractivity contribution in [3.63, 3.8) is 0 Å². The van der Waals surface area contributed by atoms with E-state index in [1.165, 1.54) is 0 Å². The predicted octanol–water partition coefficient (Wildman–Crippen LogP) is 4.66. The molecule has 8 heteroatoms. The highest BCUT2D eigenvalue weighted by molar-refractivity contribution is 6.30. The normalized spacial score (nSPS) is 20.1. The molecule has 1 aromatic heterocycles. The van der Waals surface area contributed by atoms with Crippen LogP contribution >= 0.6 is 11.6 Å². The van der Waals surface area contributed by atoms with Crippen molar-refractivity contribution >= 4 is 29.2 Å². The van der Waals surface area contributed by atoms with Gasteiger partial charge in [0.1, 0.15) is 5.69 Å². The zero-order chi connectivity index (χ0) is 22.7. The predicted molar refractivity (Wildman–Crippen MR) is 126 cm³/mol. The lowest BCUT2D eigenvalue weighted by Gasteiger charge is -2.46. The van der Waals surface area contributed by atoms with E-state index in [0.29, 0.717) is 35.4 Å². The standard InChI is InChI=1S/C25H24ClN5O2/c1-15-21-22(16-7-8-16)30(24(32)23(21)31(28-15)19-5-3-2-4-6-19)20-13-29(14-20)25(33)27-18-11-9-17(26)10-12-18/h2-6,9-12,16,20,22H,7-8,13-14H2,1H3,(H,27,33).